The van der Waals surface area contributed by atoms with Crippen LogP contribution in [0.3, 0.4) is 0 Å². The Hall–Kier alpha value is -1.72. The number of thiazole rings is 1. The summed E-state index contributed by atoms with van der Waals surface area (Å²) in [6.45, 7) is 3.84. The summed E-state index contributed by atoms with van der Waals surface area (Å²) in [5, 5.41) is 5.78. The largest absolute Gasteiger partial charge is 0.326 e. The van der Waals surface area contributed by atoms with Crippen LogP contribution in [0, 0.1) is 0 Å². The van der Waals surface area contributed by atoms with E-state index in [9.17, 15) is 4.79 Å². The molecule has 3 N–H and O–H groups in total. The predicted octanol–water partition coefficient (Wildman–Crippen LogP) is 3.27. The number of aromatic nitrogens is 1. The maximum Gasteiger partial charge on any atom is 0.224 e. The molecule has 2 aromatic rings. The first-order chi connectivity index (χ1) is 9.44. The van der Waals surface area contributed by atoms with Gasteiger partial charge in [0.05, 0.1) is 0 Å². The highest BCUT2D eigenvalue weighted by atomic mass is 32.1. The lowest BCUT2D eigenvalue weighted by atomic mass is 10.00. The van der Waals surface area contributed by atoms with Gasteiger partial charge in [-0.25, -0.2) is 4.98 Å². The average molecular weight is 289 g/mol. The van der Waals surface area contributed by atoms with Crippen LogP contribution in [0.1, 0.15) is 26.7 Å². The highest BCUT2D eigenvalue weighted by Gasteiger charge is 2.13. The lowest BCUT2D eigenvalue weighted by Crippen LogP contribution is -2.33. The molecule has 5 heteroatoms. The van der Waals surface area contributed by atoms with Gasteiger partial charge in [-0.05, 0) is 32.4 Å². The van der Waals surface area contributed by atoms with Gasteiger partial charge in [0.1, 0.15) is 5.01 Å². The zero-order valence-corrected chi connectivity index (χ0v) is 12.5. The second-order valence-electron chi connectivity index (χ2n) is 5.45. The molecule has 106 valence electrons. The molecule has 2 rings (SSSR count). The Labute approximate surface area is 123 Å². The molecule has 0 bridgehead atoms. The number of benzene rings is 1. The van der Waals surface area contributed by atoms with E-state index >= 15 is 0 Å². The Morgan fingerprint density at radius 1 is 1.45 bits per heavy atom. The summed E-state index contributed by atoms with van der Waals surface area (Å²) in [5.41, 5.74) is 7.36. The zero-order valence-electron chi connectivity index (χ0n) is 11.7. The molecule has 0 unspecified atom stereocenters. The summed E-state index contributed by atoms with van der Waals surface area (Å²) in [7, 11) is 0. The van der Waals surface area contributed by atoms with Crippen LogP contribution in [0.2, 0.25) is 0 Å². The zero-order chi connectivity index (χ0) is 14.6. The molecule has 0 fully saturated rings. The highest BCUT2D eigenvalue weighted by Crippen LogP contribution is 2.24. The van der Waals surface area contributed by atoms with Gasteiger partial charge < -0.3 is 11.1 Å². The third-order valence-electron chi connectivity index (χ3n) is 2.82. The maximum absolute atomic E-state index is 11.9. The molecule has 4 nitrogen and oxygen atoms in total. The number of carbonyl (C=O) groups excluding carboxylic acids is 1. The first-order valence-corrected chi connectivity index (χ1v) is 7.41. The Balaban J connectivity index is 2.00. The van der Waals surface area contributed by atoms with Crippen molar-refractivity contribution >= 4 is 22.9 Å². The average Bonchev–Trinajstić information content (AvgIpc) is 2.90. The normalized spacial score (nSPS) is 11.3. The molecular formula is C15H19N3OS. The van der Waals surface area contributed by atoms with E-state index in [0.717, 1.165) is 16.3 Å². The van der Waals surface area contributed by atoms with Gasteiger partial charge in [-0.3, -0.25) is 4.79 Å². The van der Waals surface area contributed by atoms with Gasteiger partial charge in [-0.15, -0.1) is 11.3 Å². The van der Waals surface area contributed by atoms with Crippen molar-refractivity contribution in [2.24, 2.45) is 5.73 Å². The fraction of sp³-hybridized carbons (Fsp3) is 0.333. The summed E-state index contributed by atoms with van der Waals surface area (Å²) in [6, 6.07) is 7.71. The number of nitrogens with zero attached hydrogens (tertiary/aromatic N) is 1. The van der Waals surface area contributed by atoms with Crippen molar-refractivity contribution in [1.29, 1.82) is 0 Å². The SMILES string of the molecule is CC(C)(N)CCC(=O)Nc1cccc(-c2nccs2)c1. The Kier molecular flexibility index (Phi) is 4.52. The van der Waals surface area contributed by atoms with Crippen molar-refractivity contribution in [2.75, 3.05) is 5.32 Å². The van der Waals surface area contributed by atoms with Gasteiger partial charge in [0.2, 0.25) is 5.91 Å². The highest BCUT2D eigenvalue weighted by molar-refractivity contribution is 7.13. The first-order valence-electron chi connectivity index (χ1n) is 6.53. The number of rotatable bonds is 5. The topological polar surface area (TPSA) is 68.0 Å². The number of hydrogen-bond donors (Lipinski definition) is 2. The van der Waals surface area contributed by atoms with Crippen molar-refractivity contribution in [3.8, 4) is 10.6 Å². The van der Waals surface area contributed by atoms with Crippen LogP contribution in [0.15, 0.2) is 35.8 Å². The quantitative estimate of drug-likeness (QED) is 0.887. The summed E-state index contributed by atoms with van der Waals surface area (Å²) in [5.74, 6) is -0.0141. The molecule has 0 saturated heterocycles. The van der Waals surface area contributed by atoms with Crippen LogP contribution < -0.4 is 11.1 Å². The third kappa shape index (κ3) is 4.43. The van der Waals surface area contributed by atoms with Crippen molar-refractivity contribution in [2.45, 2.75) is 32.2 Å². The molecule has 0 aliphatic heterocycles. The van der Waals surface area contributed by atoms with Crippen molar-refractivity contribution in [3.63, 3.8) is 0 Å². The first kappa shape index (κ1) is 14.7. The fourth-order valence-electron chi connectivity index (χ4n) is 1.76. The second-order valence-corrected chi connectivity index (χ2v) is 6.35. The van der Waals surface area contributed by atoms with Gasteiger partial charge in [-0.1, -0.05) is 12.1 Å². The third-order valence-corrected chi connectivity index (χ3v) is 3.64. The molecule has 0 aliphatic rings. The summed E-state index contributed by atoms with van der Waals surface area (Å²) in [6.07, 6.45) is 2.85. The van der Waals surface area contributed by atoms with Crippen LogP contribution in [0.25, 0.3) is 10.6 Å². The van der Waals surface area contributed by atoms with Crippen molar-refractivity contribution in [1.82, 2.24) is 4.98 Å². The van der Waals surface area contributed by atoms with Crippen LogP contribution in [-0.4, -0.2) is 16.4 Å². The van der Waals surface area contributed by atoms with E-state index in [1.165, 1.54) is 0 Å². The number of nitrogens with two attached hydrogens (primary N) is 1. The molecule has 0 saturated carbocycles. The van der Waals surface area contributed by atoms with Crippen molar-refractivity contribution < 1.29 is 4.79 Å². The van der Waals surface area contributed by atoms with Crippen LogP contribution in [0.4, 0.5) is 5.69 Å². The minimum absolute atomic E-state index is 0.0141. The van der Waals surface area contributed by atoms with E-state index in [0.29, 0.717) is 12.8 Å². The second kappa shape index (κ2) is 6.15. The number of nitrogens with one attached hydrogen (secondary N) is 1. The molecule has 0 radical (unpaired) electrons. The molecule has 0 aliphatic carbocycles. The van der Waals surface area contributed by atoms with Gasteiger partial charge >= 0.3 is 0 Å². The van der Waals surface area contributed by atoms with Crippen LogP contribution in [0.5, 0.6) is 0 Å². The summed E-state index contributed by atoms with van der Waals surface area (Å²) < 4.78 is 0. The predicted molar refractivity (Wildman–Crippen MR) is 83.7 cm³/mol. The molecule has 1 aromatic heterocycles. The van der Waals surface area contributed by atoms with E-state index in [1.54, 1.807) is 17.5 Å². The molecular weight excluding hydrogens is 270 g/mol. The Bertz CT molecular complexity index is 573. The molecule has 1 amide bonds. The fourth-order valence-corrected chi connectivity index (χ4v) is 2.39. The standard InChI is InChI=1S/C15H19N3OS/c1-15(2,16)7-6-13(19)18-12-5-3-4-11(10-12)14-17-8-9-20-14/h3-5,8-10H,6-7,16H2,1-2H3,(H,18,19). The molecule has 20 heavy (non-hydrogen) atoms. The molecule has 1 heterocycles. The smallest absolute Gasteiger partial charge is 0.224 e. The van der Waals surface area contributed by atoms with Gasteiger partial charge in [0, 0.05) is 34.8 Å². The molecule has 0 atom stereocenters. The number of hydrogen-bond acceptors (Lipinski definition) is 4. The van der Waals surface area contributed by atoms with E-state index in [2.05, 4.69) is 10.3 Å². The Morgan fingerprint density at radius 2 is 2.25 bits per heavy atom. The van der Waals surface area contributed by atoms with Gasteiger partial charge in [0.25, 0.3) is 0 Å². The van der Waals surface area contributed by atoms with Gasteiger partial charge in [0.15, 0.2) is 0 Å². The van der Waals surface area contributed by atoms with E-state index in [-0.39, 0.29) is 11.4 Å². The van der Waals surface area contributed by atoms with Crippen LogP contribution in [-0.2, 0) is 4.79 Å². The lowest BCUT2D eigenvalue weighted by molar-refractivity contribution is -0.116. The minimum atomic E-state index is -0.319. The number of carbonyl (C=O) groups is 1. The maximum atomic E-state index is 11.9. The summed E-state index contributed by atoms with van der Waals surface area (Å²) >= 11 is 1.58. The number of anilines is 1. The van der Waals surface area contributed by atoms with E-state index < -0.39 is 0 Å². The number of amides is 1. The van der Waals surface area contributed by atoms with Gasteiger partial charge in [-0.2, -0.15) is 0 Å². The molecule has 0 spiro atoms. The minimum Gasteiger partial charge on any atom is -0.326 e. The van der Waals surface area contributed by atoms with Crippen molar-refractivity contribution in [3.05, 3.63) is 35.8 Å². The van der Waals surface area contributed by atoms with Crippen LogP contribution >= 0.6 is 11.3 Å². The summed E-state index contributed by atoms with van der Waals surface area (Å²) in [4.78, 5) is 16.1. The van der Waals surface area contributed by atoms with E-state index in [1.807, 2.05) is 43.5 Å². The Morgan fingerprint density at radius 3 is 2.90 bits per heavy atom. The van der Waals surface area contributed by atoms with E-state index in [4.69, 9.17) is 5.73 Å². The molecule has 1 aromatic carbocycles. The lowest BCUT2D eigenvalue weighted by Gasteiger charge is -2.17. The monoisotopic (exact) mass is 289 g/mol.